The van der Waals surface area contributed by atoms with Crippen LogP contribution in [0.2, 0.25) is 0 Å². The van der Waals surface area contributed by atoms with Gasteiger partial charge in [0.2, 0.25) is 0 Å². The van der Waals surface area contributed by atoms with Crippen LogP contribution in [0.5, 0.6) is 0 Å². The molecular formula is C12H18FNO2. The Bertz CT molecular complexity index is 325. The fraction of sp³-hybridized carbons (Fsp3) is 0.500. The van der Waals surface area contributed by atoms with E-state index in [9.17, 15) is 4.39 Å². The van der Waals surface area contributed by atoms with Gasteiger partial charge in [-0.25, -0.2) is 4.39 Å². The highest BCUT2D eigenvalue weighted by molar-refractivity contribution is 5.54. The Balaban J connectivity index is 3.02. The third kappa shape index (κ3) is 2.93. The molecule has 0 unspecified atom stereocenters. The van der Waals surface area contributed by atoms with Crippen molar-refractivity contribution in [2.45, 2.75) is 20.0 Å². The van der Waals surface area contributed by atoms with E-state index in [4.69, 9.17) is 10.2 Å². The van der Waals surface area contributed by atoms with Crippen LogP contribution in [0.4, 0.5) is 10.1 Å². The van der Waals surface area contributed by atoms with Crippen LogP contribution >= 0.6 is 0 Å². The van der Waals surface area contributed by atoms with Gasteiger partial charge in [0, 0.05) is 24.3 Å². The van der Waals surface area contributed by atoms with Gasteiger partial charge in [0.15, 0.2) is 0 Å². The molecule has 2 N–H and O–H groups in total. The minimum Gasteiger partial charge on any atom is -0.395 e. The van der Waals surface area contributed by atoms with Crippen molar-refractivity contribution in [3.05, 3.63) is 29.6 Å². The summed E-state index contributed by atoms with van der Waals surface area (Å²) >= 11 is 0. The third-order valence-corrected chi connectivity index (χ3v) is 2.46. The summed E-state index contributed by atoms with van der Waals surface area (Å²) < 4.78 is 13.4. The number of hydrogen-bond acceptors (Lipinski definition) is 3. The lowest BCUT2D eigenvalue weighted by Gasteiger charge is -2.25. The maximum absolute atomic E-state index is 13.4. The van der Waals surface area contributed by atoms with E-state index in [1.54, 1.807) is 12.1 Å². The monoisotopic (exact) mass is 227 g/mol. The second-order valence-electron chi connectivity index (χ2n) is 3.61. The van der Waals surface area contributed by atoms with Gasteiger partial charge < -0.3 is 15.1 Å². The molecule has 0 amide bonds. The van der Waals surface area contributed by atoms with Gasteiger partial charge in [-0.1, -0.05) is 13.0 Å². The lowest BCUT2D eigenvalue weighted by Crippen LogP contribution is -2.28. The molecule has 0 atom stereocenters. The average Bonchev–Trinajstić information content (AvgIpc) is 2.28. The van der Waals surface area contributed by atoms with Crippen molar-refractivity contribution in [3.63, 3.8) is 0 Å². The van der Waals surface area contributed by atoms with E-state index >= 15 is 0 Å². The second kappa shape index (κ2) is 6.45. The average molecular weight is 227 g/mol. The Kier molecular flexibility index (Phi) is 5.22. The summed E-state index contributed by atoms with van der Waals surface area (Å²) in [5.74, 6) is -0.404. The number of halogens is 1. The predicted octanol–water partition coefficient (Wildman–Crippen LogP) is 1.53. The largest absolute Gasteiger partial charge is 0.395 e. The number of anilines is 1. The highest BCUT2D eigenvalue weighted by atomic mass is 19.1. The standard InChI is InChI=1S/C12H18FNO2/c1-2-6-14(7-8-15)12-5-3-4-11(13)10(12)9-16/h3-5,15-16H,2,6-9H2,1H3. The Morgan fingerprint density at radius 1 is 1.25 bits per heavy atom. The van der Waals surface area contributed by atoms with Crippen LogP contribution in [0, 0.1) is 5.82 Å². The van der Waals surface area contributed by atoms with E-state index in [-0.39, 0.29) is 13.2 Å². The van der Waals surface area contributed by atoms with Crippen molar-refractivity contribution in [2.75, 3.05) is 24.6 Å². The first kappa shape index (κ1) is 12.9. The summed E-state index contributed by atoms with van der Waals surface area (Å²) in [6.07, 6.45) is 0.904. The molecule has 1 aromatic carbocycles. The molecule has 0 aromatic heterocycles. The van der Waals surface area contributed by atoms with Crippen molar-refractivity contribution in [2.24, 2.45) is 0 Å². The molecule has 0 aliphatic heterocycles. The molecule has 4 heteroatoms. The third-order valence-electron chi connectivity index (χ3n) is 2.46. The summed E-state index contributed by atoms with van der Waals surface area (Å²) in [4.78, 5) is 1.88. The van der Waals surface area contributed by atoms with Crippen LogP contribution in [0.1, 0.15) is 18.9 Å². The van der Waals surface area contributed by atoms with E-state index in [0.717, 1.165) is 13.0 Å². The quantitative estimate of drug-likeness (QED) is 0.774. The summed E-state index contributed by atoms with van der Waals surface area (Å²) in [5.41, 5.74) is 0.961. The van der Waals surface area contributed by atoms with Crippen LogP contribution in [0.25, 0.3) is 0 Å². The fourth-order valence-corrected chi connectivity index (χ4v) is 1.74. The summed E-state index contributed by atoms with van der Waals surface area (Å²) in [7, 11) is 0. The Morgan fingerprint density at radius 2 is 2.00 bits per heavy atom. The van der Waals surface area contributed by atoms with Gasteiger partial charge >= 0.3 is 0 Å². The first-order chi connectivity index (χ1) is 7.74. The number of aliphatic hydroxyl groups excluding tert-OH is 2. The van der Waals surface area contributed by atoms with Crippen LogP contribution in [-0.4, -0.2) is 29.9 Å². The van der Waals surface area contributed by atoms with E-state index < -0.39 is 5.82 Å². The lowest BCUT2D eigenvalue weighted by atomic mass is 10.1. The van der Waals surface area contributed by atoms with Crippen molar-refractivity contribution in [1.82, 2.24) is 0 Å². The molecule has 90 valence electrons. The highest BCUT2D eigenvalue weighted by Crippen LogP contribution is 2.23. The topological polar surface area (TPSA) is 43.7 Å². The number of nitrogens with zero attached hydrogens (tertiary/aromatic N) is 1. The zero-order valence-electron chi connectivity index (χ0n) is 9.49. The first-order valence-corrected chi connectivity index (χ1v) is 5.48. The SMILES string of the molecule is CCCN(CCO)c1cccc(F)c1CO. The molecule has 0 spiro atoms. The minimum atomic E-state index is -0.404. The second-order valence-corrected chi connectivity index (χ2v) is 3.61. The molecule has 0 aliphatic rings. The molecule has 0 bridgehead atoms. The maximum atomic E-state index is 13.4. The summed E-state index contributed by atoms with van der Waals surface area (Å²) in [6, 6.07) is 4.71. The first-order valence-electron chi connectivity index (χ1n) is 5.48. The van der Waals surface area contributed by atoms with E-state index in [1.807, 2.05) is 11.8 Å². The molecule has 0 aliphatic carbocycles. The van der Waals surface area contributed by atoms with Crippen LogP contribution < -0.4 is 4.90 Å². The summed E-state index contributed by atoms with van der Waals surface area (Å²) in [6.45, 7) is 2.89. The maximum Gasteiger partial charge on any atom is 0.130 e. The molecule has 0 saturated carbocycles. The van der Waals surface area contributed by atoms with Crippen molar-refractivity contribution in [3.8, 4) is 0 Å². The van der Waals surface area contributed by atoms with Gasteiger partial charge in [0.25, 0.3) is 0 Å². The Labute approximate surface area is 95.1 Å². The molecule has 16 heavy (non-hydrogen) atoms. The van der Waals surface area contributed by atoms with Crippen LogP contribution in [0.15, 0.2) is 18.2 Å². The number of rotatable bonds is 6. The zero-order valence-corrected chi connectivity index (χ0v) is 9.49. The molecule has 3 nitrogen and oxygen atoms in total. The molecular weight excluding hydrogens is 209 g/mol. The summed E-state index contributed by atoms with van der Waals surface area (Å²) in [5, 5.41) is 18.1. The van der Waals surface area contributed by atoms with Gasteiger partial charge in [-0.2, -0.15) is 0 Å². The van der Waals surface area contributed by atoms with E-state index in [2.05, 4.69) is 0 Å². The Morgan fingerprint density at radius 3 is 2.56 bits per heavy atom. The van der Waals surface area contributed by atoms with Crippen molar-refractivity contribution in [1.29, 1.82) is 0 Å². The van der Waals surface area contributed by atoms with Crippen LogP contribution in [-0.2, 0) is 6.61 Å². The van der Waals surface area contributed by atoms with Gasteiger partial charge in [-0.15, -0.1) is 0 Å². The molecule has 0 radical (unpaired) electrons. The number of benzene rings is 1. The number of aliphatic hydroxyl groups is 2. The van der Waals surface area contributed by atoms with Crippen molar-refractivity contribution >= 4 is 5.69 Å². The smallest absolute Gasteiger partial charge is 0.130 e. The normalized spacial score (nSPS) is 10.5. The van der Waals surface area contributed by atoms with Crippen LogP contribution in [0.3, 0.4) is 0 Å². The van der Waals surface area contributed by atoms with E-state index in [1.165, 1.54) is 6.07 Å². The zero-order chi connectivity index (χ0) is 12.0. The molecule has 1 aromatic rings. The highest BCUT2D eigenvalue weighted by Gasteiger charge is 2.12. The lowest BCUT2D eigenvalue weighted by molar-refractivity contribution is 0.274. The van der Waals surface area contributed by atoms with Crippen molar-refractivity contribution < 1.29 is 14.6 Å². The number of hydrogen-bond donors (Lipinski definition) is 2. The Hall–Kier alpha value is -1.13. The molecule has 0 heterocycles. The molecule has 0 saturated heterocycles. The van der Waals surface area contributed by atoms with Gasteiger partial charge in [0.05, 0.1) is 13.2 Å². The molecule has 1 rings (SSSR count). The van der Waals surface area contributed by atoms with Gasteiger partial charge in [-0.05, 0) is 18.6 Å². The minimum absolute atomic E-state index is 0.0153. The van der Waals surface area contributed by atoms with Gasteiger partial charge in [0.1, 0.15) is 5.82 Å². The fourth-order valence-electron chi connectivity index (χ4n) is 1.74. The van der Waals surface area contributed by atoms with Gasteiger partial charge in [-0.3, -0.25) is 0 Å². The predicted molar refractivity (Wildman–Crippen MR) is 61.9 cm³/mol. The molecule has 0 fully saturated rings. The van der Waals surface area contributed by atoms with E-state index in [0.29, 0.717) is 17.8 Å².